The molecule has 1 aliphatic rings. The molecular formula is C18H20N6O. The normalized spacial score (nSPS) is 13.8. The molecule has 4 rings (SSSR count). The van der Waals surface area contributed by atoms with Gasteiger partial charge < -0.3 is 10.2 Å². The molecule has 0 saturated heterocycles. The van der Waals surface area contributed by atoms with E-state index in [9.17, 15) is 4.79 Å². The van der Waals surface area contributed by atoms with Crippen molar-refractivity contribution in [1.82, 2.24) is 25.3 Å². The van der Waals surface area contributed by atoms with E-state index < -0.39 is 0 Å². The summed E-state index contributed by atoms with van der Waals surface area (Å²) in [5.74, 6) is 0.771. The molecule has 0 bridgehead atoms. The van der Waals surface area contributed by atoms with Crippen molar-refractivity contribution < 1.29 is 4.79 Å². The smallest absolute Gasteiger partial charge is 0.256 e. The highest BCUT2D eigenvalue weighted by atomic mass is 16.2. The quantitative estimate of drug-likeness (QED) is 0.766. The Hall–Kier alpha value is -2.96. The Morgan fingerprint density at radius 3 is 3.04 bits per heavy atom. The third-order valence-electron chi connectivity index (χ3n) is 4.51. The summed E-state index contributed by atoms with van der Waals surface area (Å²) in [6.45, 7) is 5.99. The molecule has 7 heteroatoms. The van der Waals surface area contributed by atoms with Crippen LogP contribution < -0.4 is 5.32 Å². The highest BCUT2D eigenvalue weighted by Crippen LogP contribution is 2.24. The molecule has 128 valence electrons. The molecule has 7 nitrogen and oxygen atoms in total. The SMILES string of the molecule is CCNc1cc2c(nn1)CCN(C(=O)c1cc(C)cc3cn[nH]c13)C2. The van der Waals surface area contributed by atoms with Crippen LogP contribution in [0.4, 0.5) is 5.82 Å². The number of anilines is 1. The predicted molar refractivity (Wildman–Crippen MR) is 95.5 cm³/mol. The fourth-order valence-corrected chi connectivity index (χ4v) is 3.32. The molecule has 1 aliphatic heterocycles. The van der Waals surface area contributed by atoms with Gasteiger partial charge in [-0.3, -0.25) is 9.89 Å². The van der Waals surface area contributed by atoms with Gasteiger partial charge in [0.1, 0.15) is 5.82 Å². The van der Waals surface area contributed by atoms with Crippen LogP contribution in [0.25, 0.3) is 10.9 Å². The van der Waals surface area contributed by atoms with Gasteiger partial charge in [0, 0.05) is 31.4 Å². The fourth-order valence-electron chi connectivity index (χ4n) is 3.32. The van der Waals surface area contributed by atoms with Crippen molar-refractivity contribution in [3.63, 3.8) is 0 Å². The lowest BCUT2D eigenvalue weighted by Crippen LogP contribution is -2.36. The molecule has 3 heterocycles. The van der Waals surface area contributed by atoms with E-state index in [-0.39, 0.29) is 5.91 Å². The summed E-state index contributed by atoms with van der Waals surface area (Å²) in [4.78, 5) is 15.0. The van der Waals surface area contributed by atoms with E-state index in [0.717, 1.165) is 46.5 Å². The minimum atomic E-state index is 0.0189. The van der Waals surface area contributed by atoms with E-state index >= 15 is 0 Å². The van der Waals surface area contributed by atoms with Gasteiger partial charge in [0.25, 0.3) is 5.91 Å². The largest absolute Gasteiger partial charge is 0.369 e. The van der Waals surface area contributed by atoms with Crippen LogP contribution in [0.15, 0.2) is 24.4 Å². The Labute approximate surface area is 145 Å². The zero-order valence-electron chi connectivity index (χ0n) is 14.3. The number of rotatable bonds is 3. The van der Waals surface area contributed by atoms with Gasteiger partial charge in [-0.25, -0.2) is 0 Å². The fraction of sp³-hybridized carbons (Fsp3) is 0.333. The minimum Gasteiger partial charge on any atom is -0.369 e. The Morgan fingerprint density at radius 2 is 2.20 bits per heavy atom. The van der Waals surface area contributed by atoms with Crippen LogP contribution >= 0.6 is 0 Å². The second kappa shape index (κ2) is 6.16. The van der Waals surface area contributed by atoms with Crippen LogP contribution in [0.5, 0.6) is 0 Å². The van der Waals surface area contributed by atoms with Gasteiger partial charge in [-0.1, -0.05) is 0 Å². The molecular weight excluding hydrogens is 316 g/mol. The zero-order chi connectivity index (χ0) is 17.4. The van der Waals surface area contributed by atoms with E-state index in [0.29, 0.717) is 18.7 Å². The van der Waals surface area contributed by atoms with Gasteiger partial charge in [-0.2, -0.15) is 10.2 Å². The summed E-state index contributed by atoms with van der Waals surface area (Å²) in [6.07, 6.45) is 2.47. The summed E-state index contributed by atoms with van der Waals surface area (Å²) >= 11 is 0. The Balaban J connectivity index is 1.65. The highest BCUT2D eigenvalue weighted by Gasteiger charge is 2.25. The van der Waals surface area contributed by atoms with Crippen LogP contribution in [0, 0.1) is 6.92 Å². The van der Waals surface area contributed by atoms with Gasteiger partial charge in [-0.05, 0) is 43.2 Å². The topological polar surface area (TPSA) is 86.8 Å². The standard InChI is InChI=1S/C18H20N6O/c1-3-19-16-8-13-10-24(5-4-15(13)21-22-16)18(25)14-7-11(2)6-12-9-20-23-17(12)14/h6-9H,3-5,10H2,1-2H3,(H,19,22)(H,20,23). The third-order valence-corrected chi connectivity index (χ3v) is 4.51. The summed E-state index contributed by atoms with van der Waals surface area (Å²) in [6, 6.07) is 5.94. The number of nitrogens with one attached hydrogen (secondary N) is 2. The van der Waals surface area contributed by atoms with Gasteiger partial charge in [-0.15, -0.1) is 5.10 Å². The van der Waals surface area contributed by atoms with E-state index in [1.165, 1.54) is 0 Å². The molecule has 0 atom stereocenters. The molecule has 0 unspecified atom stereocenters. The Bertz CT molecular complexity index is 948. The lowest BCUT2D eigenvalue weighted by molar-refractivity contribution is 0.0735. The average molecular weight is 336 g/mol. The molecule has 0 saturated carbocycles. The monoisotopic (exact) mass is 336 g/mol. The number of H-pyrrole nitrogens is 1. The zero-order valence-corrected chi connectivity index (χ0v) is 14.3. The van der Waals surface area contributed by atoms with Crippen LogP contribution in [0.1, 0.15) is 34.1 Å². The molecule has 1 amide bonds. The van der Waals surface area contributed by atoms with Crippen LogP contribution in [-0.2, 0) is 13.0 Å². The lowest BCUT2D eigenvalue weighted by Gasteiger charge is -2.28. The second-order valence-electron chi connectivity index (χ2n) is 6.36. The number of aromatic amines is 1. The number of hydrogen-bond acceptors (Lipinski definition) is 5. The van der Waals surface area contributed by atoms with Crippen molar-refractivity contribution in [2.24, 2.45) is 0 Å². The van der Waals surface area contributed by atoms with Crippen LogP contribution in [0.2, 0.25) is 0 Å². The molecule has 0 fully saturated rings. The maximum absolute atomic E-state index is 13.1. The van der Waals surface area contributed by atoms with Crippen molar-refractivity contribution in [3.8, 4) is 0 Å². The highest BCUT2D eigenvalue weighted by molar-refractivity contribution is 6.05. The van der Waals surface area contributed by atoms with E-state index in [2.05, 4.69) is 25.7 Å². The number of hydrogen-bond donors (Lipinski definition) is 2. The van der Waals surface area contributed by atoms with Crippen molar-refractivity contribution in [2.45, 2.75) is 26.8 Å². The first kappa shape index (κ1) is 15.6. The summed E-state index contributed by atoms with van der Waals surface area (Å²) in [5, 5.41) is 19.6. The summed E-state index contributed by atoms with van der Waals surface area (Å²) < 4.78 is 0. The molecule has 0 radical (unpaired) electrons. The number of aryl methyl sites for hydroxylation is 1. The van der Waals surface area contributed by atoms with Crippen molar-refractivity contribution >= 4 is 22.6 Å². The molecule has 3 aromatic rings. The maximum atomic E-state index is 13.1. The molecule has 0 spiro atoms. The number of nitrogens with zero attached hydrogens (tertiary/aromatic N) is 4. The molecule has 25 heavy (non-hydrogen) atoms. The molecule has 1 aromatic carbocycles. The Morgan fingerprint density at radius 1 is 1.32 bits per heavy atom. The average Bonchev–Trinajstić information content (AvgIpc) is 3.08. The number of fused-ring (bicyclic) bond motifs is 2. The number of amides is 1. The molecule has 2 aromatic heterocycles. The lowest BCUT2D eigenvalue weighted by atomic mass is 10.0. The summed E-state index contributed by atoms with van der Waals surface area (Å²) in [5.41, 5.74) is 4.54. The predicted octanol–water partition coefficient (Wildman–Crippen LogP) is 2.29. The van der Waals surface area contributed by atoms with Crippen molar-refractivity contribution in [1.29, 1.82) is 0 Å². The first-order valence-corrected chi connectivity index (χ1v) is 8.48. The van der Waals surface area contributed by atoms with Gasteiger partial charge in [0.2, 0.25) is 0 Å². The molecule has 2 N–H and O–H groups in total. The number of aromatic nitrogens is 4. The van der Waals surface area contributed by atoms with E-state index in [1.807, 2.05) is 36.9 Å². The van der Waals surface area contributed by atoms with Crippen LogP contribution in [0.3, 0.4) is 0 Å². The molecule has 0 aliphatic carbocycles. The number of benzene rings is 1. The van der Waals surface area contributed by atoms with E-state index in [4.69, 9.17) is 0 Å². The van der Waals surface area contributed by atoms with Crippen LogP contribution in [-0.4, -0.2) is 44.3 Å². The number of carbonyl (C=O) groups is 1. The van der Waals surface area contributed by atoms with Crippen molar-refractivity contribution in [3.05, 3.63) is 46.8 Å². The third kappa shape index (κ3) is 2.82. The van der Waals surface area contributed by atoms with Crippen molar-refractivity contribution in [2.75, 3.05) is 18.4 Å². The van der Waals surface area contributed by atoms with E-state index in [1.54, 1.807) is 6.20 Å². The maximum Gasteiger partial charge on any atom is 0.256 e. The number of carbonyl (C=O) groups excluding carboxylic acids is 1. The first-order valence-electron chi connectivity index (χ1n) is 8.48. The Kier molecular flexibility index (Phi) is 3.83. The van der Waals surface area contributed by atoms with Gasteiger partial charge >= 0.3 is 0 Å². The second-order valence-corrected chi connectivity index (χ2v) is 6.36. The van der Waals surface area contributed by atoms with Gasteiger partial charge in [0.05, 0.1) is 23.0 Å². The van der Waals surface area contributed by atoms with Gasteiger partial charge in [0.15, 0.2) is 0 Å². The minimum absolute atomic E-state index is 0.0189. The first-order chi connectivity index (χ1) is 12.2. The summed E-state index contributed by atoms with van der Waals surface area (Å²) in [7, 11) is 0.